The van der Waals surface area contributed by atoms with Crippen molar-refractivity contribution in [2.24, 2.45) is 0 Å². The lowest BCUT2D eigenvalue weighted by Gasteiger charge is -2.34. The van der Waals surface area contributed by atoms with E-state index >= 15 is 0 Å². The molecule has 8 heteroatoms. The molecule has 1 aliphatic rings. The van der Waals surface area contributed by atoms with Crippen molar-refractivity contribution < 1.29 is 22.7 Å². The van der Waals surface area contributed by atoms with Crippen LogP contribution in [0, 0.1) is 0 Å². The highest BCUT2D eigenvalue weighted by Crippen LogP contribution is 2.24. The number of hydrogen-bond acceptors (Lipinski definition) is 5. The van der Waals surface area contributed by atoms with Crippen molar-refractivity contribution in [1.29, 1.82) is 0 Å². The van der Waals surface area contributed by atoms with Gasteiger partial charge in [0.25, 0.3) is 0 Å². The average Bonchev–Trinajstić information content (AvgIpc) is 2.77. The van der Waals surface area contributed by atoms with Crippen LogP contribution >= 0.6 is 0 Å². The minimum atomic E-state index is -3.51. The van der Waals surface area contributed by atoms with Crippen LogP contribution in [0.15, 0.2) is 53.4 Å². The predicted molar refractivity (Wildman–Crippen MR) is 110 cm³/mol. The molecule has 29 heavy (non-hydrogen) atoms. The molecule has 1 heterocycles. The first-order valence-corrected chi connectivity index (χ1v) is 10.9. The second-order valence-electron chi connectivity index (χ2n) is 6.82. The summed E-state index contributed by atoms with van der Waals surface area (Å²) < 4.78 is 37.4. The van der Waals surface area contributed by atoms with Gasteiger partial charge in [0.15, 0.2) is 0 Å². The molecular weight excluding hydrogens is 392 g/mol. The fourth-order valence-electron chi connectivity index (χ4n) is 3.34. The van der Waals surface area contributed by atoms with E-state index in [1.807, 2.05) is 12.1 Å². The van der Waals surface area contributed by atoms with Crippen molar-refractivity contribution in [3.8, 4) is 11.5 Å². The zero-order valence-electron chi connectivity index (χ0n) is 16.7. The first kappa shape index (κ1) is 21.1. The van der Waals surface area contributed by atoms with Crippen LogP contribution in [0.25, 0.3) is 0 Å². The molecule has 0 saturated carbocycles. The molecule has 0 bridgehead atoms. The Morgan fingerprint density at radius 2 is 1.52 bits per heavy atom. The highest BCUT2D eigenvalue weighted by atomic mass is 32.2. The number of ether oxygens (including phenoxy) is 2. The van der Waals surface area contributed by atoms with Crippen LogP contribution in [0.1, 0.15) is 12.0 Å². The second kappa shape index (κ2) is 9.28. The topological polar surface area (TPSA) is 76.2 Å². The third-order valence-electron chi connectivity index (χ3n) is 5.01. The molecule has 0 unspecified atom stereocenters. The smallest absolute Gasteiger partial charge is 0.243 e. The van der Waals surface area contributed by atoms with Gasteiger partial charge in [-0.05, 0) is 36.2 Å². The molecule has 7 nitrogen and oxygen atoms in total. The van der Waals surface area contributed by atoms with Crippen LogP contribution < -0.4 is 9.47 Å². The number of aryl methyl sites for hydroxylation is 1. The lowest BCUT2D eigenvalue weighted by atomic mass is 10.1. The molecule has 0 aliphatic carbocycles. The maximum absolute atomic E-state index is 12.7. The van der Waals surface area contributed by atoms with E-state index in [-0.39, 0.29) is 10.8 Å². The summed E-state index contributed by atoms with van der Waals surface area (Å²) in [7, 11) is -0.334. The maximum Gasteiger partial charge on any atom is 0.243 e. The van der Waals surface area contributed by atoms with Crippen LogP contribution in [0.3, 0.4) is 0 Å². The zero-order valence-corrected chi connectivity index (χ0v) is 17.5. The van der Waals surface area contributed by atoms with E-state index in [1.165, 1.54) is 4.31 Å². The number of carbonyl (C=O) groups excluding carboxylic acids is 1. The predicted octanol–water partition coefficient (Wildman–Crippen LogP) is 2.17. The van der Waals surface area contributed by atoms with E-state index < -0.39 is 10.0 Å². The summed E-state index contributed by atoms with van der Waals surface area (Å²) in [6.45, 7) is 1.39. The van der Waals surface area contributed by atoms with E-state index in [1.54, 1.807) is 55.5 Å². The molecule has 1 amide bonds. The van der Waals surface area contributed by atoms with E-state index in [0.29, 0.717) is 50.5 Å². The first-order chi connectivity index (χ1) is 13.9. The van der Waals surface area contributed by atoms with Gasteiger partial charge in [0.2, 0.25) is 15.9 Å². The van der Waals surface area contributed by atoms with Crippen LogP contribution in [0.5, 0.6) is 11.5 Å². The Morgan fingerprint density at radius 3 is 2.07 bits per heavy atom. The molecule has 1 aliphatic heterocycles. The summed E-state index contributed by atoms with van der Waals surface area (Å²) in [5.41, 5.74) is 0.958. The maximum atomic E-state index is 12.7. The molecule has 3 rings (SSSR count). The van der Waals surface area contributed by atoms with Gasteiger partial charge in [0.1, 0.15) is 11.5 Å². The van der Waals surface area contributed by atoms with Gasteiger partial charge in [-0.3, -0.25) is 4.79 Å². The van der Waals surface area contributed by atoms with Crippen molar-refractivity contribution in [1.82, 2.24) is 9.21 Å². The molecule has 0 N–H and O–H groups in total. The normalized spacial score (nSPS) is 15.2. The van der Waals surface area contributed by atoms with Crippen molar-refractivity contribution in [3.63, 3.8) is 0 Å². The van der Waals surface area contributed by atoms with E-state index in [4.69, 9.17) is 9.47 Å². The molecule has 2 aromatic rings. The molecule has 156 valence electrons. The minimum Gasteiger partial charge on any atom is -0.497 e. The third kappa shape index (κ3) is 5.07. The van der Waals surface area contributed by atoms with Crippen molar-refractivity contribution in [2.45, 2.75) is 17.7 Å². The minimum absolute atomic E-state index is 0.0172. The second-order valence-corrected chi connectivity index (χ2v) is 8.76. The van der Waals surface area contributed by atoms with Gasteiger partial charge in [-0.15, -0.1) is 0 Å². The van der Waals surface area contributed by atoms with Gasteiger partial charge in [0, 0.05) is 38.7 Å². The van der Waals surface area contributed by atoms with Crippen molar-refractivity contribution in [2.75, 3.05) is 40.4 Å². The molecular formula is C21H26N2O5S. The number of rotatable bonds is 7. The Morgan fingerprint density at radius 1 is 0.931 bits per heavy atom. The molecule has 1 saturated heterocycles. The van der Waals surface area contributed by atoms with Crippen LogP contribution in [-0.4, -0.2) is 63.9 Å². The monoisotopic (exact) mass is 418 g/mol. The van der Waals surface area contributed by atoms with E-state index in [9.17, 15) is 13.2 Å². The van der Waals surface area contributed by atoms with Gasteiger partial charge < -0.3 is 14.4 Å². The van der Waals surface area contributed by atoms with Gasteiger partial charge in [-0.25, -0.2) is 8.42 Å². The Balaban J connectivity index is 1.55. The van der Waals surface area contributed by atoms with Crippen molar-refractivity contribution >= 4 is 15.9 Å². The summed E-state index contributed by atoms with van der Waals surface area (Å²) in [6, 6.07) is 14.0. The Hall–Kier alpha value is -2.58. The number of sulfonamides is 1. The summed E-state index contributed by atoms with van der Waals surface area (Å²) >= 11 is 0. The van der Waals surface area contributed by atoms with Crippen LogP contribution in [0.2, 0.25) is 0 Å². The molecule has 1 fully saturated rings. The Labute approximate surface area is 171 Å². The van der Waals surface area contributed by atoms with Gasteiger partial charge in [0.05, 0.1) is 19.1 Å². The van der Waals surface area contributed by atoms with Gasteiger partial charge in [-0.1, -0.05) is 18.2 Å². The fraction of sp³-hybridized carbons (Fsp3) is 0.381. The quantitative estimate of drug-likeness (QED) is 0.689. The Bertz CT molecular complexity index is 917. The SMILES string of the molecule is COc1cc(CCC(=O)N2CCN(S(=O)(=O)c3ccccc3)CC2)cc(OC)c1. The third-order valence-corrected chi connectivity index (χ3v) is 6.92. The summed E-state index contributed by atoms with van der Waals surface area (Å²) in [4.78, 5) is 14.6. The standard InChI is InChI=1S/C21H26N2O5S/c1-27-18-14-17(15-19(16-18)28-2)8-9-21(24)22-10-12-23(13-11-22)29(25,26)20-6-4-3-5-7-20/h3-7,14-16H,8-13H2,1-2H3. The van der Waals surface area contributed by atoms with Gasteiger partial charge >= 0.3 is 0 Å². The lowest BCUT2D eigenvalue weighted by molar-refractivity contribution is -0.132. The Kier molecular flexibility index (Phi) is 6.76. The first-order valence-electron chi connectivity index (χ1n) is 9.49. The highest BCUT2D eigenvalue weighted by Gasteiger charge is 2.29. The lowest BCUT2D eigenvalue weighted by Crippen LogP contribution is -2.50. The van der Waals surface area contributed by atoms with Crippen LogP contribution in [0.4, 0.5) is 0 Å². The highest BCUT2D eigenvalue weighted by molar-refractivity contribution is 7.89. The fourth-order valence-corrected chi connectivity index (χ4v) is 4.78. The summed E-state index contributed by atoms with van der Waals surface area (Å²) in [6.07, 6.45) is 0.913. The zero-order chi connectivity index (χ0) is 20.9. The number of nitrogens with zero attached hydrogens (tertiary/aromatic N) is 2. The number of piperazine rings is 1. The van der Waals surface area contributed by atoms with Crippen molar-refractivity contribution in [3.05, 3.63) is 54.1 Å². The van der Waals surface area contributed by atoms with Gasteiger partial charge in [-0.2, -0.15) is 4.31 Å². The largest absolute Gasteiger partial charge is 0.497 e. The summed E-state index contributed by atoms with van der Waals surface area (Å²) in [5.74, 6) is 1.39. The molecule has 0 spiro atoms. The summed E-state index contributed by atoms with van der Waals surface area (Å²) in [5, 5.41) is 0. The molecule has 2 aromatic carbocycles. The number of amides is 1. The van der Waals surface area contributed by atoms with E-state index in [0.717, 1.165) is 5.56 Å². The number of hydrogen-bond donors (Lipinski definition) is 0. The number of methoxy groups -OCH3 is 2. The van der Waals surface area contributed by atoms with E-state index in [2.05, 4.69) is 0 Å². The molecule has 0 aromatic heterocycles. The average molecular weight is 419 g/mol. The number of carbonyl (C=O) groups is 1. The molecule has 0 atom stereocenters. The molecule has 0 radical (unpaired) electrons. The van der Waals surface area contributed by atoms with Crippen LogP contribution in [-0.2, 0) is 21.2 Å². The number of benzene rings is 2.